The second-order valence-corrected chi connectivity index (χ2v) is 7.24. The highest BCUT2D eigenvalue weighted by molar-refractivity contribution is 7.13. The van der Waals surface area contributed by atoms with Crippen LogP contribution in [0.5, 0.6) is 11.8 Å². The average molecular weight is 370 g/mol. The van der Waals surface area contributed by atoms with Crippen molar-refractivity contribution in [3.8, 4) is 32.9 Å². The minimum atomic E-state index is 0.0901. The fourth-order valence-electron chi connectivity index (χ4n) is 2.41. The second kappa shape index (κ2) is 6.77. The van der Waals surface area contributed by atoms with Crippen molar-refractivity contribution in [3.63, 3.8) is 0 Å². The van der Waals surface area contributed by atoms with Crippen LogP contribution in [-0.4, -0.2) is 27.2 Å². The molecule has 0 N–H and O–H groups in total. The summed E-state index contributed by atoms with van der Waals surface area (Å²) in [7, 11) is 3.80. The minimum absolute atomic E-state index is 0.0901. The number of aryl methyl sites for hydroxylation is 2. The van der Waals surface area contributed by atoms with Gasteiger partial charge in [0.2, 0.25) is 0 Å². The maximum atomic E-state index is 5.72. The fraction of sp³-hybridized carbons (Fsp3) is 0.125. The van der Waals surface area contributed by atoms with Gasteiger partial charge < -0.3 is 9.31 Å². The molecule has 0 saturated heterocycles. The van der Waals surface area contributed by atoms with Crippen molar-refractivity contribution >= 4 is 30.4 Å². The van der Waals surface area contributed by atoms with Gasteiger partial charge >= 0.3 is 7.69 Å². The first-order valence-electron chi connectivity index (χ1n) is 7.62. The predicted octanol–water partition coefficient (Wildman–Crippen LogP) is 3.33. The normalized spacial score (nSPS) is 10.8. The molecule has 4 rings (SSSR count). The molecule has 126 valence electrons. The Bertz CT molecular complexity index is 882. The van der Waals surface area contributed by atoms with Crippen LogP contribution in [0.4, 0.5) is 0 Å². The number of thiophene rings is 2. The lowest BCUT2D eigenvalue weighted by molar-refractivity contribution is 0.408. The molecule has 25 heavy (non-hydrogen) atoms. The highest BCUT2D eigenvalue weighted by Crippen LogP contribution is 2.28. The molecular formula is C16H15BN4O2S2. The molecule has 6 nitrogen and oxygen atoms in total. The molecule has 0 aromatic carbocycles. The maximum Gasteiger partial charge on any atom is 0.578 e. The van der Waals surface area contributed by atoms with Crippen LogP contribution in [0.2, 0.25) is 0 Å². The molecule has 0 atom stereocenters. The Labute approximate surface area is 153 Å². The summed E-state index contributed by atoms with van der Waals surface area (Å²) in [5.41, 5.74) is 1.79. The summed E-state index contributed by atoms with van der Waals surface area (Å²) in [6, 6.07) is 11.9. The van der Waals surface area contributed by atoms with E-state index < -0.39 is 0 Å². The van der Waals surface area contributed by atoms with Crippen LogP contribution in [0.25, 0.3) is 21.1 Å². The van der Waals surface area contributed by atoms with Gasteiger partial charge in [0.25, 0.3) is 0 Å². The molecule has 0 bridgehead atoms. The Morgan fingerprint density at radius 1 is 0.840 bits per heavy atom. The van der Waals surface area contributed by atoms with Gasteiger partial charge in [-0.1, -0.05) is 12.1 Å². The summed E-state index contributed by atoms with van der Waals surface area (Å²) in [6.07, 6.45) is 0. The standard InChI is InChI=1S/C16H15BN4O2S2/c1-20-15(9-11(18-20)13-5-3-7-24-13)22-17-23-16-10-12(19-21(16)2)14-6-4-8-25-14/h3-10,17H,1-2H3. The van der Waals surface area contributed by atoms with E-state index in [2.05, 4.69) is 10.2 Å². The van der Waals surface area contributed by atoms with E-state index in [1.807, 2.05) is 61.3 Å². The number of nitrogens with zero attached hydrogens (tertiary/aromatic N) is 4. The van der Waals surface area contributed by atoms with Gasteiger partial charge in [-0.05, 0) is 22.9 Å². The van der Waals surface area contributed by atoms with Crippen molar-refractivity contribution in [1.29, 1.82) is 0 Å². The third-order valence-electron chi connectivity index (χ3n) is 3.63. The lowest BCUT2D eigenvalue weighted by Gasteiger charge is -2.06. The van der Waals surface area contributed by atoms with Crippen molar-refractivity contribution in [3.05, 3.63) is 47.2 Å². The van der Waals surface area contributed by atoms with Crippen LogP contribution in [0, 0.1) is 0 Å². The molecule has 0 unspecified atom stereocenters. The Morgan fingerprint density at radius 2 is 1.32 bits per heavy atom. The Morgan fingerprint density at radius 3 is 1.72 bits per heavy atom. The van der Waals surface area contributed by atoms with Crippen LogP contribution in [0.3, 0.4) is 0 Å². The van der Waals surface area contributed by atoms with Crippen molar-refractivity contribution in [1.82, 2.24) is 19.6 Å². The first-order chi connectivity index (χ1) is 12.2. The van der Waals surface area contributed by atoms with E-state index in [0.29, 0.717) is 11.8 Å². The molecule has 0 amide bonds. The lowest BCUT2D eigenvalue weighted by atomic mass is 10.3. The second-order valence-electron chi connectivity index (χ2n) is 5.34. The molecule has 0 fully saturated rings. The predicted molar refractivity (Wildman–Crippen MR) is 101 cm³/mol. The van der Waals surface area contributed by atoms with Gasteiger partial charge in [-0.2, -0.15) is 10.2 Å². The Kier molecular flexibility index (Phi) is 4.33. The molecule has 0 aliphatic heterocycles. The molecule has 4 heterocycles. The summed E-state index contributed by atoms with van der Waals surface area (Å²) < 4.78 is 14.9. The zero-order valence-electron chi connectivity index (χ0n) is 13.7. The van der Waals surface area contributed by atoms with E-state index in [1.54, 1.807) is 32.0 Å². The number of hydrogen-bond acceptors (Lipinski definition) is 6. The smallest absolute Gasteiger partial charge is 0.515 e. The van der Waals surface area contributed by atoms with Gasteiger partial charge in [-0.3, -0.25) is 0 Å². The van der Waals surface area contributed by atoms with Crippen molar-refractivity contribution < 1.29 is 9.31 Å². The lowest BCUT2D eigenvalue weighted by Crippen LogP contribution is -2.14. The first-order valence-corrected chi connectivity index (χ1v) is 9.38. The largest absolute Gasteiger partial charge is 0.578 e. The van der Waals surface area contributed by atoms with Gasteiger partial charge in [-0.15, -0.1) is 22.7 Å². The highest BCUT2D eigenvalue weighted by Gasteiger charge is 2.13. The zero-order chi connectivity index (χ0) is 17.2. The molecule has 0 spiro atoms. The highest BCUT2D eigenvalue weighted by atomic mass is 32.1. The molecule has 4 aromatic rings. The molecule has 9 heteroatoms. The quantitative estimate of drug-likeness (QED) is 0.489. The van der Waals surface area contributed by atoms with E-state index in [-0.39, 0.29) is 7.69 Å². The molecule has 4 aromatic heterocycles. The molecule has 0 aliphatic rings. The summed E-state index contributed by atoms with van der Waals surface area (Å²) in [5.74, 6) is 1.31. The van der Waals surface area contributed by atoms with Crippen LogP contribution in [0.15, 0.2) is 47.2 Å². The molecule has 0 radical (unpaired) electrons. The average Bonchev–Trinajstić information content (AvgIpc) is 3.35. The fourth-order valence-corrected chi connectivity index (χ4v) is 3.77. The van der Waals surface area contributed by atoms with Crippen molar-refractivity contribution in [2.24, 2.45) is 14.1 Å². The summed E-state index contributed by atoms with van der Waals surface area (Å²) in [5, 5.41) is 13.0. The van der Waals surface area contributed by atoms with Gasteiger partial charge in [0.15, 0.2) is 11.8 Å². The number of hydrogen-bond donors (Lipinski definition) is 0. The maximum absolute atomic E-state index is 5.72. The van der Waals surface area contributed by atoms with Crippen LogP contribution < -0.4 is 9.31 Å². The van der Waals surface area contributed by atoms with Gasteiger partial charge in [0.1, 0.15) is 11.4 Å². The monoisotopic (exact) mass is 370 g/mol. The van der Waals surface area contributed by atoms with E-state index in [0.717, 1.165) is 21.1 Å². The third kappa shape index (κ3) is 3.33. The molecule has 0 saturated carbocycles. The summed E-state index contributed by atoms with van der Waals surface area (Å²) in [6.45, 7) is 0. The van der Waals surface area contributed by atoms with Gasteiger partial charge in [0, 0.05) is 26.2 Å². The molecular weight excluding hydrogens is 355 g/mol. The number of aromatic nitrogens is 4. The van der Waals surface area contributed by atoms with Crippen molar-refractivity contribution in [2.45, 2.75) is 0 Å². The van der Waals surface area contributed by atoms with Crippen LogP contribution in [0.1, 0.15) is 0 Å². The van der Waals surface area contributed by atoms with E-state index >= 15 is 0 Å². The SMILES string of the molecule is Cn1nc(-c2cccs2)cc1OBOc1cc(-c2cccs2)nn1C. The van der Waals surface area contributed by atoms with E-state index in [4.69, 9.17) is 9.31 Å². The molecule has 0 aliphatic carbocycles. The van der Waals surface area contributed by atoms with Gasteiger partial charge in [-0.25, -0.2) is 9.36 Å². The summed E-state index contributed by atoms with van der Waals surface area (Å²) in [4.78, 5) is 2.22. The van der Waals surface area contributed by atoms with Crippen LogP contribution >= 0.6 is 22.7 Å². The zero-order valence-corrected chi connectivity index (χ0v) is 15.4. The number of rotatable bonds is 6. The van der Waals surface area contributed by atoms with E-state index in [1.165, 1.54) is 0 Å². The third-order valence-corrected chi connectivity index (χ3v) is 5.42. The Hall–Kier alpha value is -2.52. The first kappa shape index (κ1) is 16.0. The van der Waals surface area contributed by atoms with Crippen molar-refractivity contribution in [2.75, 3.05) is 0 Å². The topological polar surface area (TPSA) is 54.1 Å². The summed E-state index contributed by atoms with van der Waals surface area (Å²) >= 11 is 3.30. The Balaban J connectivity index is 1.41. The van der Waals surface area contributed by atoms with Gasteiger partial charge in [0.05, 0.1) is 9.75 Å². The minimum Gasteiger partial charge on any atom is -0.515 e. The van der Waals surface area contributed by atoms with E-state index in [9.17, 15) is 0 Å². The van der Waals surface area contributed by atoms with Crippen LogP contribution in [-0.2, 0) is 14.1 Å².